The number of benzene rings is 1. The number of β-lactam (4-membered cyclic amide) rings is 1. The fourth-order valence-corrected chi connectivity index (χ4v) is 4.65. The van der Waals surface area contributed by atoms with Gasteiger partial charge in [-0.1, -0.05) is 25.1 Å². The number of rotatable bonds is 7. The summed E-state index contributed by atoms with van der Waals surface area (Å²) >= 11 is 0. The number of nitrogens with two attached hydrogens (primary N) is 1. The summed E-state index contributed by atoms with van der Waals surface area (Å²) in [4.78, 5) is 46.8. The Morgan fingerprint density at radius 1 is 1.16 bits per heavy atom. The highest BCUT2D eigenvalue weighted by Crippen LogP contribution is 2.33. The van der Waals surface area contributed by atoms with Crippen LogP contribution in [0.5, 0.6) is 0 Å². The molecule has 1 aliphatic rings. The number of nitrogens with zero attached hydrogens (tertiary/aromatic N) is 5. The average molecular weight is 504 g/mol. The zero-order valence-corrected chi connectivity index (χ0v) is 21.8. The molecular formula is C27H33N7O3. The number of hydrogen-bond donors (Lipinski definition) is 2. The van der Waals surface area contributed by atoms with Crippen LogP contribution in [0, 0.1) is 19.8 Å². The van der Waals surface area contributed by atoms with Crippen LogP contribution in [0.4, 0.5) is 16.4 Å². The first-order valence-corrected chi connectivity index (χ1v) is 12.3. The highest BCUT2D eigenvalue weighted by Gasteiger charge is 2.55. The van der Waals surface area contributed by atoms with Gasteiger partial charge in [0.1, 0.15) is 11.9 Å². The van der Waals surface area contributed by atoms with Gasteiger partial charge in [-0.25, -0.2) is 9.78 Å². The van der Waals surface area contributed by atoms with Gasteiger partial charge in [-0.2, -0.15) is 5.10 Å². The number of pyridine rings is 1. The molecule has 3 atom stereocenters. The van der Waals surface area contributed by atoms with Crippen molar-refractivity contribution in [2.75, 3.05) is 17.7 Å². The van der Waals surface area contributed by atoms with Gasteiger partial charge >= 0.3 is 6.03 Å². The summed E-state index contributed by atoms with van der Waals surface area (Å²) in [5, 5.41) is 7.26. The Hall–Kier alpha value is -4.21. The Balaban J connectivity index is 1.60. The maximum absolute atomic E-state index is 13.6. The molecule has 0 aliphatic carbocycles. The van der Waals surface area contributed by atoms with Gasteiger partial charge in [0, 0.05) is 32.6 Å². The van der Waals surface area contributed by atoms with Crippen molar-refractivity contribution < 1.29 is 14.4 Å². The van der Waals surface area contributed by atoms with E-state index >= 15 is 0 Å². The summed E-state index contributed by atoms with van der Waals surface area (Å²) in [7, 11) is 3.34. The number of carbonyl (C=O) groups excluding carboxylic acids is 3. The molecule has 37 heavy (non-hydrogen) atoms. The van der Waals surface area contributed by atoms with E-state index < -0.39 is 23.9 Å². The molecule has 0 saturated carbocycles. The van der Waals surface area contributed by atoms with Crippen molar-refractivity contribution >= 4 is 29.5 Å². The second kappa shape index (κ2) is 10.4. The van der Waals surface area contributed by atoms with Crippen molar-refractivity contribution in [3.8, 4) is 0 Å². The van der Waals surface area contributed by atoms with E-state index in [-0.39, 0.29) is 18.4 Å². The summed E-state index contributed by atoms with van der Waals surface area (Å²) in [6, 6.07) is 9.28. The second-order valence-corrected chi connectivity index (χ2v) is 9.55. The molecule has 0 radical (unpaired) electrons. The van der Waals surface area contributed by atoms with E-state index in [0.29, 0.717) is 18.1 Å². The van der Waals surface area contributed by atoms with Crippen LogP contribution in [0.1, 0.15) is 41.6 Å². The van der Waals surface area contributed by atoms with Crippen molar-refractivity contribution in [2.45, 2.75) is 45.7 Å². The number of anilines is 2. The van der Waals surface area contributed by atoms with Crippen LogP contribution in [0.25, 0.3) is 0 Å². The van der Waals surface area contributed by atoms with E-state index in [4.69, 9.17) is 5.73 Å². The number of hydrogen-bond acceptors (Lipinski definition) is 6. The van der Waals surface area contributed by atoms with E-state index in [1.807, 2.05) is 39.0 Å². The van der Waals surface area contributed by atoms with Crippen LogP contribution in [0.2, 0.25) is 0 Å². The van der Waals surface area contributed by atoms with Gasteiger partial charge in [-0.3, -0.25) is 24.1 Å². The van der Waals surface area contributed by atoms with Crippen LogP contribution < -0.4 is 16.0 Å². The van der Waals surface area contributed by atoms with Gasteiger partial charge in [0.2, 0.25) is 5.91 Å². The normalized spacial score (nSPS) is 17.8. The molecule has 4 amide bonds. The number of imide groups is 1. The van der Waals surface area contributed by atoms with Gasteiger partial charge in [-0.15, -0.1) is 0 Å². The number of nitrogens with one attached hydrogen (secondary N) is 1. The third-order valence-electron chi connectivity index (χ3n) is 7.00. The molecule has 1 aliphatic heterocycles. The summed E-state index contributed by atoms with van der Waals surface area (Å²) in [5.74, 6) is -0.754. The van der Waals surface area contributed by atoms with Crippen LogP contribution >= 0.6 is 0 Å². The predicted octanol–water partition coefficient (Wildman–Crippen LogP) is 2.91. The molecule has 1 unspecified atom stereocenters. The zero-order valence-electron chi connectivity index (χ0n) is 21.8. The molecule has 10 heteroatoms. The van der Waals surface area contributed by atoms with Crippen LogP contribution in [-0.4, -0.2) is 50.6 Å². The van der Waals surface area contributed by atoms with E-state index in [1.54, 1.807) is 49.4 Å². The standard InChI is InChI=1S/C27H33N7O3/c1-6-21(19-8-7-16(2)17(3)13-19)30-27(37)34-24(26(36)33(5)23-10-12-32(4)31-23)20(25(34)35)14-18-9-11-29-22(28)15-18/h7-13,15,20-21,24H,6,14H2,1-5H3,(H2,28,29)(H,30,37)/t20-,21?,24+/m1/s1. The van der Waals surface area contributed by atoms with E-state index in [9.17, 15) is 14.4 Å². The SMILES string of the molecule is CCC(NC(=O)N1C(=O)[C@H](Cc2ccnc(N)c2)[C@H]1C(=O)N(C)c1ccn(C)n1)c1ccc(C)c(C)c1. The maximum atomic E-state index is 13.6. The minimum Gasteiger partial charge on any atom is -0.384 e. The summed E-state index contributed by atoms with van der Waals surface area (Å²) in [6.45, 7) is 6.01. The number of carbonyl (C=O) groups is 3. The van der Waals surface area contributed by atoms with Gasteiger partial charge in [-0.05, 0) is 61.1 Å². The second-order valence-electron chi connectivity index (χ2n) is 9.55. The lowest BCUT2D eigenvalue weighted by Crippen LogP contribution is -2.70. The lowest BCUT2D eigenvalue weighted by molar-refractivity contribution is -0.156. The molecule has 2 aromatic heterocycles. The fraction of sp³-hybridized carbons (Fsp3) is 0.370. The topological polar surface area (TPSA) is 126 Å². The highest BCUT2D eigenvalue weighted by molar-refractivity contribution is 6.12. The first-order valence-electron chi connectivity index (χ1n) is 12.3. The number of amides is 4. The molecule has 0 spiro atoms. The van der Waals surface area contributed by atoms with Crippen LogP contribution in [0.3, 0.4) is 0 Å². The van der Waals surface area contributed by atoms with Crippen molar-refractivity contribution in [3.63, 3.8) is 0 Å². The molecule has 3 heterocycles. The molecule has 194 valence electrons. The molecule has 4 rings (SSSR count). The largest absolute Gasteiger partial charge is 0.384 e. The molecular weight excluding hydrogens is 470 g/mol. The Morgan fingerprint density at radius 2 is 1.92 bits per heavy atom. The molecule has 3 aromatic rings. The minimum atomic E-state index is -0.980. The minimum absolute atomic E-state index is 0.260. The van der Waals surface area contributed by atoms with E-state index in [2.05, 4.69) is 15.4 Å². The third kappa shape index (κ3) is 5.18. The van der Waals surface area contributed by atoms with E-state index in [1.165, 1.54) is 4.90 Å². The number of urea groups is 1. The summed E-state index contributed by atoms with van der Waals surface area (Å²) in [5.41, 5.74) is 9.81. The molecule has 1 aromatic carbocycles. The molecule has 1 saturated heterocycles. The van der Waals surface area contributed by atoms with Crippen molar-refractivity contribution in [3.05, 3.63) is 71.0 Å². The lowest BCUT2D eigenvalue weighted by atomic mass is 9.81. The summed E-state index contributed by atoms with van der Waals surface area (Å²) < 4.78 is 1.59. The van der Waals surface area contributed by atoms with Gasteiger partial charge in [0.15, 0.2) is 5.82 Å². The lowest BCUT2D eigenvalue weighted by Gasteiger charge is -2.45. The first-order chi connectivity index (χ1) is 17.6. The summed E-state index contributed by atoms with van der Waals surface area (Å²) in [6.07, 6.45) is 4.17. The van der Waals surface area contributed by atoms with Gasteiger partial charge < -0.3 is 11.1 Å². The number of likely N-dealkylation sites (N-methyl/N-ethyl adjacent to an activating group) is 1. The monoisotopic (exact) mass is 503 g/mol. The number of aryl methyl sites for hydroxylation is 3. The fourth-order valence-electron chi connectivity index (χ4n) is 4.65. The zero-order chi connectivity index (χ0) is 26.9. The molecule has 1 fully saturated rings. The van der Waals surface area contributed by atoms with Gasteiger partial charge in [0.05, 0.1) is 12.0 Å². The van der Waals surface area contributed by atoms with Crippen LogP contribution in [-0.2, 0) is 23.1 Å². The Labute approximate surface area is 216 Å². The first kappa shape index (κ1) is 25.9. The highest BCUT2D eigenvalue weighted by atomic mass is 16.2. The van der Waals surface area contributed by atoms with Crippen molar-refractivity contribution in [2.24, 2.45) is 13.0 Å². The molecule has 0 bridgehead atoms. The Morgan fingerprint density at radius 3 is 2.54 bits per heavy atom. The Kier molecular flexibility index (Phi) is 7.28. The quantitative estimate of drug-likeness (QED) is 0.478. The third-order valence-corrected chi connectivity index (χ3v) is 7.00. The molecule has 10 nitrogen and oxygen atoms in total. The van der Waals surface area contributed by atoms with Crippen molar-refractivity contribution in [1.29, 1.82) is 0 Å². The predicted molar refractivity (Wildman–Crippen MR) is 141 cm³/mol. The maximum Gasteiger partial charge on any atom is 0.325 e. The van der Waals surface area contributed by atoms with Gasteiger partial charge in [0.25, 0.3) is 5.91 Å². The smallest absolute Gasteiger partial charge is 0.325 e. The average Bonchev–Trinajstić information content (AvgIpc) is 3.31. The Bertz CT molecular complexity index is 1340. The molecule has 3 N–H and O–H groups in total. The van der Waals surface area contributed by atoms with E-state index in [0.717, 1.165) is 27.2 Å². The van der Waals surface area contributed by atoms with Crippen molar-refractivity contribution in [1.82, 2.24) is 25.0 Å². The van der Waals surface area contributed by atoms with Crippen LogP contribution in [0.15, 0.2) is 48.8 Å². The number of aromatic nitrogens is 3. The number of nitrogen functional groups attached to an aromatic ring is 1. The number of likely N-dealkylation sites (tertiary alicyclic amines) is 1.